The van der Waals surface area contributed by atoms with Crippen LogP contribution in [0.1, 0.15) is 56.2 Å². The second-order valence-electron chi connectivity index (χ2n) is 8.26. The van der Waals surface area contributed by atoms with Crippen LogP contribution in [0.25, 0.3) is 0 Å². The minimum Gasteiger partial charge on any atom is -0.497 e. The van der Waals surface area contributed by atoms with Crippen molar-refractivity contribution in [3.05, 3.63) is 77.9 Å². The van der Waals surface area contributed by atoms with Gasteiger partial charge < -0.3 is 9.84 Å². The first-order chi connectivity index (χ1) is 14.0. The first kappa shape index (κ1) is 21.6. The van der Waals surface area contributed by atoms with Crippen molar-refractivity contribution in [2.45, 2.75) is 50.5 Å². The molecule has 1 atom stereocenters. The fourth-order valence-corrected chi connectivity index (χ4v) is 4.80. The van der Waals surface area contributed by atoms with E-state index in [4.69, 9.17) is 4.74 Å². The number of hydrogen-bond donors (Lipinski definition) is 1. The molecule has 0 aromatic heterocycles. The average molecular weight is 394 g/mol. The van der Waals surface area contributed by atoms with E-state index in [9.17, 15) is 5.11 Å². The lowest BCUT2D eigenvalue weighted by atomic mass is 9.68. The van der Waals surface area contributed by atoms with Gasteiger partial charge in [-0.3, -0.25) is 4.90 Å². The Morgan fingerprint density at radius 3 is 2.48 bits per heavy atom. The molecule has 1 heterocycles. The maximum atomic E-state index is 10.9. The van der Waals surface area contributed by atoms with Gasteiger partial charge in [0.05, 0.1) is 12.7 Å². The number of hydrogen-bond acceptors (Lipinski definition) is 3. The minimum absolute atomic E-state index is 0.0924. The summed E-state index contributed by atoms with van der Waals surface area (Å²) in [6.07, 6.45) is 5.67. The molecule has 1 aliphatic heterocycles. The summed E-state index contributed by atoms with van der Waals surface area (Å²) in [6, 6.07) is 17.2. The van der Waals surface area contributed by atoms with Crippen LogP contribution in [0.4, 0.5) is 0 Å². The van der Waals surface area contributed by atoms with Crippen molar-refractivity contribution in [2.24, 2.45) is 0 Å². The SMILES string of the molecule is C=CCN1CCCC(c2ccc(C(O)(CC)CC)cc2)(c2cccc(OC)c2)C1. The summed E-state index contributed by atoms with van der Waals surface area (Å²) in [4.78, 5) is 2.48. The van der Waals surface area contributed by atoms with Crippen LogP contribution in [0.3, 0.4) is 0 Å². The Balaban J connectivity index is 2.07. The van der Waals surface area contributed by atoms with Crippen molar-refractivity contribution < 1.29 is 9.84 Å². The van der Waals surface area contributed by atoms with Gasteiger partial charge in [-0.2, -0.15) is 0 Å². The first-order valence-electron chi connectivity index (χ1n) is 10.8. The maximum absolute atomic E-state index is 10.9. The molecule has 1 unspecified atom stereocenters. The van der Waals surface area contributed by atoms with Crippen LogP contribution in [0.5, 0.6) is 5.75 Å². The third kappa shape index (κ3) is 4.26. The highest BCUT2D eigenvalue weighted by molar-refractivity contribution is 5.45. The Bertz CT molecular complexity index is 810. The van der Waals surface area contributed by atoms with Crippen molar-refractivity contribution >= 4 is 0 Å². The third-order valence-corrected chi connectivity index (χ3v) is 6.73. The molecule has 3 nitrogen and oxygen atoms in total. The van der Waals surface area contributed by atoms with Gasteiger partial charge >= 0.3 is 0 Å². The number of nitrogens with zero attached hydrogens (tertiary/aromatic N) is 1. The van der Waals surface area contributed by atoms with E-state index in [1.54, 1.807) is 7.11 Å². The van der Waals surface area contributed by atoms with Crippen LogP contribution in [0.2, 0.25) is 0 Å². The predicted molar refractivity (Wildman–Crippen MR) is 121 cm³/mol. The fourth-order valence-electron chi connectivity index (χ4n) is 4.80. The average Bonchev–Trinajstić information content (AvgIpc) is 2.79. The van der Waals surface area contributed by atoms with E-state index in [1.807, 2.05) is 26.0 Å². The van der Waals surface area contributed by atoms with Crippen LogP contribution < -0.4 is 4.74 Å². The molecule has 1 saturated heterocycles. The number of methoxy groups -OCH3 is 1. The minimum atomic E-state index is -0.747. The second kappa shape index (κ2) is 9.15. The van der Waals surface area contributed by atoms with E-state index in [0.29, 0.717) is 0 Å². The van der Waals surface area contributed by atoms with Crippen molar-refractivity contribution in [1.29, 1.82) is 0 Å². The molecule has 0 aliphatic carbocycles. The lowest BCUT2D eigenvalue weighted by molar-refractivity contribution is 0.0283. The zero-order valence-electron chi connectivity index (χ0n) is 18.2. The summed E-state index contributed by atoms with van der Waals surface area (Å²) in [6.45, 7) is 11.0. The Morgan fingerprint density at radius 1 is 1.14 bits per heavy atom. The number of aliphatic hydroxyl groups is 1. The lowest BCUT2D eigenvalue weighted by Gasteiger charge is -2.44. The smallest absolute Gasteiger partial charge is 0.119 e. The fraction of sp³-hybridized carbons (Fsp3) is 0.462. The van der Waals surface area contributed by atoms with Gasteiger partial charge in [-0.1, -0.05) is 56.3 Å². The molecule has 156 valence electrons. The number of benzene rings is 2. The summed E-state index contributed by atoms with van der Waals surface area (Å²) >= 11 is 0. The van der Waals surface area contributed by atoms with E-state index in [2.05, 4.69) is 53.9 Å². The maximum Gasteiger partial charge on any atom is 0.119 e. The van der Waals surface area contributed by atoms with Gasteiger partial charge in [0.1, 0.15) is 5.75 Å². The first-order valence-corrected chi connectivity index (χ1v) is 10.8. The molecule has 0 saturated carbocycles. The molecular formula is C26H35NO2. The number of ether oxygens (including phenoxy) is 1. The van der Waals surface area contributed by atoms with Crippen molar-refractivity contribution in [2.75, 3.05) is 26.7 Å². The molecule has 3 rings (SSSR count). The molecule has 0 amide bonds. The van der Waals surface area contributed by atoms with E-state index >= 15 is 0 Å². The molecule has 1 fully saturated rings. The molecule has 0 radical (unpaired) electrons. The molecule has 1 N–H and O–H groups in total. The molecule has 3 heteroatoms. The van der Waals surface area contributed by atoms with E-state index in [1.165, 1.54) is 11.1 Å². The van der Waals surface area contributed by atoms with Crippen molar-refractivity contribution in [3.63, 3.8) is 0 Å². The van der Waals surface area contributed by atoms with Gasteiger partial charge in [0.15, 0.2) is 0 Å². The van der Waals surface area contributed by atoms with Crippen molar-refractivity contribution in [3.8, 4) is 5.75 Å². The molecule has 1 aliphatic rings. The van der Waals surface area contributed by atoms with E-state index in [0.717, 1.165) is 56.6 Å². The van der Waals surface area contributed by atoms with Gasteiger partial charge in [0.2, 0.25) is 0 Å². The molecule has 0 spiro atoms. The molecule has 0 bridgehead atoms. The number of rotatable bonds is 8. The van der Waals surface area contributed by atoms with Gasteiger partial charge in [0, 0.05) is 18.5 Å². The summed E-state index contributed by atoms with van der Waals surface area (Å²) in [5.41, 5.74) is 2.76. The highest BCUT2D eigenvalue weighted by atomic mass is 16.5. The topological polar surface area (TPSA) is 32.7 Å². The second-order valence-corrected chi connectivity index (χ2v) is 8.26. The van der Waals surface area contributed by atoms with E-state index in [-0.39, 0.29) is 5.41 Å². The summed E-state index contributed by atoms with van der Waals surface area (Å²) in [7, 11) is 1.72. The zero-order valence-corrected chi connectivity index (χ0v) is 18.2. The summed E-state index contributed by atoms with van der Waals surface area (Å²) < 4.78 is 5.53. The van der Waals surface area contributed by atoms with Crippen LogP contribution in [0, 0.1) is 0 Å². The predicted octanol–water partition coefficient (Wildman–Crippen LogP) is 5.27. The Hall–Kier alpha value is -2.10. The highest BCUT2D eigenvalue weighted by Gasteiger charge is 2.39. The van der Waals surface area contributed by atoms with Crippen LogP contribution in [0.15, 0.2) is 61.2 Å². The van der Waals surface area contributed by atoms with Crippen LogP contribution in [-0.2, 0) is 11.0 Å². The monoisotopic (exact) mass is 393 g/mol. The number of likely N-dealkylation sites (tertiary alicyclic amines) is 1. The van der Waals surface area contributed by atoms with Gasteiger partial charge in [-0.05, 0) is 61.1 Å². The molecular weight excluding hydrogens is 358 g/mol. The molecule has 2 aromatic rings. The largest absolute Gasteiger partial charge is 0.497 e. The van der Waals surface area contributed by atoms with Crippen LogP contribution in [-0.4, -0.2) is 36.8 Å². The lowest BCUT2D eigenvalue weighted by Crippen LogP contribution is -2.46. The molecule has 29 heavy (non-hydrogen) atoms. The quantitative estimate of drug-likeness (QED) is 0.620. The van der Waals surface area contributed by atoms with Gasteiger partial charge in [-0.15, -0.1) is 6.58 Å². The van der Waals surface area contributed by atoms with Crippen molar-refractivity contribution in [1.82, 2.24) is 4.90 Å². The molecule has 2 aromatic carbocycles. The zero-order chi connectivity index (χ0) is 20.9. The summed E-state index contributed by atoms with van der Waals surface area (Å²) in [5, 5.41) is 10.9. The van der Waals surface area contributed by atoms with Gasteiger partial charge in [0.25, 0.3) is 0 Å². The van der Waals surface area contributed by atoms with Crippen LogP contribution >= 0.6 is 0 Å². The van der Waals surface area contributed by atoms with E-state index < -0.39 is 5.60 Å². The summed E-state index contributed by atoms with van der Waals surface area (Å²) in [5.74, 6) is 0.894. The Morgan fingerprint density at radius 2 is 1.86 bits per heavy atom. The highest BCUT2D eigenvalue weighted by Crippen LogP contribution is 2.42. The Kier molecular flexibility index (Phi) is 6.81. The third-order valence-electron chi connectivity index (χ3n) is 6.73. The van der Waals surface area contributed by atoms with Gasteiger partial charge in [-0.25, -0.2) is 0 Å². The number of piperidine rings is 1. The standard InChI is InChI=1S/C26H35NO2/c1-5-17-27-18-9-16-25(20-27,23-10-8-11-24(19-23)29-4)21-12-14-22(15-13-21)26(28,6-2)7-3/h5,8,10-15,19,28H,1,6-7,9,16-18,20H2,2-4H3. The normalized spacial score (nSPS) is 20.4. The Labute approximate surface area is 176 Å².